The Morgan fingerprint density at radius 1 is 1.37 bits per heavy atom. The van der Waals surface area contributed by atoms with Crippen LogP contribution in [0.15, 0.2) is 24.3 Å². The van der Waals surface area contributed by atoms with Gasteiger partial charge in [0.1, 0.15) is 5.01 Å². The highest BCUT2D eigenvalue weighted by atomic mass is 32.1. The van der Waals surface area contributed by atoms with Gasteiger partial charge in [0, 0.05) is 7.05 Å². The third-order valence-corrected chi connectivity index (χ3v) is 6.66. The molecule has 2 N–H and O–H groups in total. The van der Waals surface area contributed by atoms with E-state index in [0.717, 1.165) is 48.5 Å². The zero-order valence-electron chi connectivity index (χ0n) is 16.1. The molecule has 0 saturated carbocycles. The molecule has 7 heteroatoms. The second-order valence-corrected chi connectivity index (χ2v) is 8.52. The molecule has 2 atom stereocenters. The van der Waals surface area contributed by atoms with Gasteiger partial charge in [-0.05, 0) is 38.8 Å². The van der Waals surface area contributed by atoms with Crippen molar-refractivity contribution in [3.8, 4) is 0 Å². The van der Waals surface area contributed by atoms with E-state index in [4.69, 9.17) is 4.98 Å². The number of nitrogens with one attached hydrogen (secondary N) is 2. The van der Waals surface area contributed by atoms with Gasteiger partial charge in [-0.1, -0.05) is 12.1 Å². The summed E-state index contributed by atoms with van der Waals surface area (Å²) in [4.78, 5) is 18.8. The highest BCUT2D eigenvalue weighted by Crippen LogP contribution is 2.30. The Hall–Kier alpha value is -2.25. The number of piperidine rings is 1. The fraction of sp³-hybridized carbons (Fsp3) is 0.450. The predicted octanol–water partition coefficient (Wildman–Crippen LogP) is 2.05. The average Bonchev–Trinajstić information content (AvgIpc) is 3.19. The monoisotopic (exact) mass is 384 g/mol. The van der Waals surface area contributed by atoms with Gasteiger partial charge in [-0.15, -0.1) is 11.3 Å². The van der Waals surface area contributed by atoms with Crippen molar-refractivity contribution >= 4 is 33.1 Å². The van der Waals surface area contributed by atoms with E-state index in [9.17, 15) is 4.79 Å². The molecule has 0 bridgehead atoms. The van der Waals surface area contributed by atoms with E-state index >= 15 is 0 Å². The van der Waals surface area contributed by atoms with Crippen LogP contribution in [-0.2, 0) is 11.8 Å². The molecule has 4 rings (SSSR count). The molecular weight excluding hydrogens is 358 g/mol. The summed E-state index contributed by atoms with van der Waals surface area (Å²) in [6, 6.07) is 8.32. The van der Waals surface area contributed by atoms with Gasteiger partial charge in [-0.3, -0.25) is 9.48 Å². The fourth-order valence-corrected chi connectivity index (χ4v) is 5.05. The van der Waals surface area contributed by atoms with Crippen molar-refractivity contribution in [2.24, 2.45) is 7.05 Å². The van der Waals surface area contributed by atoms with Crippen molar-refractivity contribution < 1.29 is 9.69 Å². The first kappa shape index (κ1) is 18.1. The summed E-state index contributed by atoms with van der Waals surface area (Å²) in [5.74, 6) is 0.509. The number of benzene rings is 1. The summed E-state index contributed by atoms with van der Waals surface area (Å²) in [6.45, 7) is 6.42. The standard InChI is InChI=1S/C20H25N5OS/c1-13-19(14(2)24(3)23-13)22-18(26)12-25-10-6-7-15(11-25)20-21-16-8-4-5-9-17(16)27-20/h4-5,8-9,15H,6-7,10-12H2,1-3H3,(H,22,26)/p+1/t15-/m1/s1. The molecular formula is C20H26N5OS+. The minimum absolute atomic E-state index is 0.0640. The van der Waals surface area contributed by atoms with Gasteiger partial charge in [0.15, 0.2) is 6.54 Å². The number of para-hydroxylation sites is 1. The highest BCUT2D eigenvalue weighted by Gasteiger charge is 2.28. The molecule has 0 spiro atoms. The van der Waals surface area contributed by atoms with Crippen molar-refractivity contribution in [2.45, 2.75) is 32.6 Å². The number of thiazole rings is 1. The van der Waals surface area contributed by atoms with Gasteiger partial charge in [0.2, 0.25) is 0 Å². The van der Waals surface area contributed by atoms with E-state index in [1.807, 2.05) is 31.6 Å². The average molecular weight is 385 g/mol. The largest absolute Gasteiger partial charge is 0.327 e. The minimum atomic E-state index is 0.0640. The molecule has 27 heavy (non-hydrogen) atoms. The van der Waals surface area contributed by atoms with Crippen LogP contribution in [0.3, 0.4) is 0 Å². The number of fused-ring (bicyclic) bond motifs is 1. The lowest BCUT2D eigenvalue weighted by Gasteiger charge is -2.28. The van der Waals surface area contributed by atoms with Gasteiger partial charge >= 0.3 is 0 Å². The molecule has 142 valence electrons. The number of aryl methyl sites for hydroxylation is 2. The summed E-state index contributed by atoms with van der Waals surface area (Å²) in [7, 11) is 1.90. The quantitative estimate of drug-likeness (QED) is 0.724. The van der Waals surface area contributed by atoms with E-state index < -0.39 is 0 Å². The van der Waals surface area contributed by atoms with Gasteiger partial charge in [0.05, 0.1) is 46.3 Å². The van der Waals surface area contributed by atoms with Crippen molar-refractivity contribution in [1.82, 2.24) is 14.8 Å². The molecule has 3 aromatic rings. The molecule has 6 nitrogen and oxygen atoms in total. The number of quaternary nitrogens is 1. The molecule has 1 unspecified atom stereocenters. The summed E-state index contributed by atoms with van der Waals surface area (Å²) in [5.41, 5.74) is 3.79. The Labute approximate surface area is 163 Å². The summed E-state index contributed by atoms with van der Waals surface area (Å²) in [5, 5.41) is 8.65. The van der Waals surface area contributed by atoms with Crippen molar-refractivity contribution in [3.05, 3.63) is 40.7 Å². The van der Waals surface area contributed by atoms with Gasteiger partial charge in [-0.2, -0.15) is 5.10 Å². The zero-order valence-corrected chi connectivity index (χ0v) is 16.9. The molecule has 1 aromatic carbocycles. The maximum Gasteiger partial charge on any atom is 0.279 e. The minimum Gasteiger partial charge on any atom is -0.327 e. The molecule has 1 amide bonds. The SMILES string of the molecule is Cc1nn(C)c(C)c1NC(=O)C[NH+]1CCC[C@@H](c2nc3ccccc3s2)C1. The number of likely N-dealkylation sites (tertiary alicyclic amines) is 1. The first-order valence-electron chi connectivity index (χ1n) is 9.50. The Balaban J connectivity index is 1.41. The number of carbonyl (C=O) groups is 1. The van der Waals surface area contributed by atoms with Gasteiger partial charge in [0.25, 0.3) is 5.91 Å². The Kier molecular flexibility index (Phi) is 4.97. The number of nitrogens with zero attached hydrogens (tertiary/aromatic N) is 3. The van der Waals surface area contributed by atoms with Crippen LogP contribution in [0.1, 0.15) is 35.2 Å². The van der Waals surface area contributed by atoms with Crippen LogP contribution in [0.25, 0.3) is 10.2 Å². The Morgan fingerprint density at radius 2 is 2.19 bits per heavy atom. The van der Waals surface area contributed by atoms with Crippen LogP contribution in [0.2, 0.25) is 0 Å². The third kappa shape index (κ3) is 3.75. The van der Waals surface area contributed by atoms with Crippen LogP contribution < -0.4 is 10.2 Å². The van der Waals surface area contributed by atoms with E-state index in [1.54, 1.807) is 11.3 Å². The maximum absolute atomic E-state index is 12.6. The summed E-state index contributed by atoms with van der Waals surface area (Å²) >= 11 is 1.80. The van der Waals surface area contributed by atoms with E-state index in [0.29, 0.717) is 12.5 Å². The van der Waals surface area contributed by atoms with Crippen molar-refractivity contribution in [3.63, 3.8) is 0 Å². The van der Waals surface area contributed by atoms with Crippen molar-refractivity contribution in [1.29, 1.82) is 0 Å². The predicted molar refractivity (Wildman–Crippen MR) is 108 cm³/mol. The lowest BCUT2D eigenvalue weighted by atomic mass is 9.99. The number of anilines is 1. The van der Waals surface area contributed by atoms with Crippen LogP contribution in [-0.4, -0.2) is 40.3 Å². The number of rotatable bonds is 4. The van der Waals surface area contributed by atoms with Crippen LogP contribution in [0, 0.1) is 13.8 Å². The first-order chi connectivity index (χ1) is 13.0. The van der Waals surface area contributed by atoms with Crippen molar-refractivity contribution in [2.75, 3.05) is 25.0 Å². The summed E-state index contributed by atoms with van der Waals surface area (Å²) < 4.78 is 3.06. The van der Waals surface area contributed by atoms with Crippen LogP contribution >= 0.6 is 11.3 Å². The molecule has 1 fully saturated rings. The molecule has 1 aliphatic heterocycles. The third-order valence-electron chi connectivity index (χ3n) is 5.46. The smallest absolute Gasteiger partial charge is 0.279 e. The molecule has 0 aliphatic carbocycles. The first-order valence-corrected chi connectivity index (χ1v) is 10.3. The lowest BCUT2D eigenvalue weighted by molar-refractivity contribution is -0.898. The number of hydrogen-bond donors (Lipinski definition) is 2. The second kappa shape index (κ2) is 7.40. The second-order valence-electron chi connectivity index (χ2n) is 7.46. The van der Waals surface area contributed by atoms with E-state index in [1.165, 1.54) is 14.6 Å². The Morgan fingerprint density at radius 3 is 2.93 bits per heavy atom. The molecule has 1 saturated heterocycles. The fourth-order valence-electron chi connectivity index (χ4n) is 3.95. The Bertz CT molecular complexity index is 943. The van der Waals surface area contributed by atoms with Gasteiger partial charge in [-0.25, -0.2) is 4.98 Å². The molecule has 2 aromatic heterocycles. The maximum atomic E-state index is 12.6. The zero-order chi connectivity index (χ0) is 19.0. The van der Waals surface area contributed by atoms with E-state index in [-0.39, 0.29) is 5.91 Å². The van der Waals surface area contributed by atoms with Gasteiger partial charge < -0.3 is 10.2 Å². The number of aromatic nitrogens is 3. The molecule has 0 radical (unpaired) electrons. The lowest BCUT2D eigenvalue weighted by Crippen LogP contribution is -3.14. The number of carbonyl (C=O) groups excluding carboxylic acids is 1. The van der Waals surface area contributed by atoms with Crippen LogP contribution in [0.4, 0.5) is 5.69 Å². The number of amides is 1. The van der Waals surface area contributed by atoms with Crippen LogP contribution in [0.5, 0.6) is 0 Å². The number of hydrogen-bond acceptors (Lipinski definition) is 4. The molecule has 1 aliphatic rings. The topological polar surface area (TPSA) is 64.2 Å². The normalized spacial score (nSPS) is 20.1. The highest BCUT2D eigenvalue weighted by molar-refractivity contribution is 7.18. The molecule has 3 heterocycles. The van der Waals surface area contributed by atoms with E-state index in [2.05, 4.69) is 28.6 Å². The summed E-state index contributed by atoms with van der Waals surface area (Å²) in [6.07, 6.45) is 2.29.